The van der Waals surface area contributed by atoms with Gasteiger partial charge in [-0.05, 0) is 25.3 Å². The van der Waals surface area contributed by atoms with E-state index in [-0.39, 0.29) is 17.9 Å². The van der Waals surface area contributed by atoms with Crippen molar-refractivity contribution in [1.82, 2.24) is 10.2 Å². The van der Waals surface area contributed by atoms with Crippen molar-refractivity contribution in [2.75, 3.05) is 13.6 Å². The molecule has 0 radical (unpaired) electrons. The van der Waals surface area contributed by atoms with Crippen LogP contribution in [-0.4, -0.2) is 36.3 Å². The van der Waals surface area contributed by atoms with Crippen molar-refractivity contribution in [1.29, 1.82) is 0 Å². The van der Waals surface area contributed by atoms with E-state index in [9.17, 15) is 9.59 Å². The third-order valence-electron chi connectivity index (χ3n) is 4.32. The first-order valence-electron chi connectivity index (χ1n) is 7.22. The normalized spacial score (nSPS) is 26.7. The highest BCUT2D eigenvalue weighted by atomic mass is 16.2. The summed E-state index contributed by atoms with van der Waals surface area (Å²) in [6.07, 6.45) is 9.13. The van der Waals surface area contributed by atoms with E-state index >= 15 is 0 Å². The number of amides is 2. The van der Waals surface area contributed by atoms with E-state index in [0.29, 0.717) is 12.8 Å². The number of carbonyl (C=O) groups excluding carboxylic acids is 2. The highest BCUT2D eigenvalue weighted by Crippen LogP contribution is 2.25. The van der Waals surface area contributed by atoms with Crippen molar-refractivity contribution >= 4 is 11.8 Å². The van der Waals surface area contributed by atoms with Crippen LogP contribution in [0.1, 0.15) is 51.4 Å². The van der Waals surface area contributed by atoms with Crippen LogP contribution in [0, 0.1) is 5.92 Å². The minimum atomic E-state index is -0.142. The van der Waals surface area contributed by atoms with Gasteiger partial charge in [-0.3, -0.25) is 14.5 Å². The molecule has 4 nitrogen and oxygen atoms in total. The van der Waals surface area contributed by atoms with Gasteiger partial charge in [-0.1, -0.05) is 32.1 Å². The van der Waals surface area contributed by atoms with Crippen LogP contribution >= 0.6 is 0 Å². The molecule has 1 aliphatic heterocycles. The molecule has 4 heteroatoms. The summed E-state index contributed by atoms with van der Waals surface area (Å²) in [6.45, 7) is 0.906. The summed E-state index contributed by atoms with van der Waals surface area (Å²) in [6, 6.07) is -0.142. The number of likely N-dealkylation sites (N-methyl/N-ethyl adjacent to an activating group) is 1. The molecule has 1 atom stereocenters. The SMILES string of the molecule is CN1C(=O)CCC(NCCC2CCCCC2)C1=O. The van der Waals surface area contributed by atoms with E-state index in [1.807, 2.05) is 0 Å². The summed E-state index contributed by atoms with van der Waals surface area (Å²) in [4.78, 5) is 24.5. The average Bonchev–Trinajstić information content (AvgIpc) is 2.40. The maximum Gasteiger partial charge on any atom is 0.246 e. The van der Waals surface area contributed by atoms with E-state index in [0.717, 1.165) is 12.5 Å². The van der Waals surface area contributed by atoms with Crippen molar-refractivity contribution in [3.05, 3.63) is 0 Å². The number of likely N-dealkylation sites (tertiary alicyclic amines) is 1. The van der Waals surface area contributed by atoms with Crippen LogP contribution in [0.4, 0.5) is 0 Å². The number of hydrogen-bond donors (Lipinski definition) is 1. The lowest BCUT2D eigenvalue weighted by Crippen LogP contribution is -2.51. The standard InChI is InChI=1S/C14H24N2O2/c1-16-13(17)8-7-12(14(16)18)15-10-9-11-5-3-2-4-6-11/h11-12,15H,2-10H2,1H3. The van der Waals surface area contributed by atoms with Gasteiger partial charge >= 0.3 is 0 Å². The van der Waals surface area contributed by atoms with Gasteiger partial charge in [-0.15, -0.1) is 0 Å². The Morgan fingerprint density at radius 3 is 2.61 bits per heavy atom. The Balaban J connectivity index is 1.69. The van der Waals surface area contributed by atoms with Gasteiger partial charge in [0.25, 0.3) is 0 Å². The topological polar surface area (TPSA) is 49.4 Å². The van der Waals surface area contributed by atoms with Crippen LogP contribution in [0.15, 0.2) is 0 Å². The maximum atomic E-state index is 11.9. The smallest absolute Gasteiger partial charge is 0.246 e. The highest BCUT2D eigenvalue weighted by molar-refractivity contribution is 6.00. The van der Waals surface area contributed by atoms with E-state index < -0.39 is 0 Å². The molecule has 1 aliphatic carbocycles. The lowest BCUT2D eigenvalue weighted by molar-refractivity contribution is -0.148. The van der Waals surface area contributed by atoms with Gasteiger partial charge in [-0.2, -0.15) is 0 Å². The summed E-state index contributed by atoms with van der Waals surface area (Å²) in [7, 11) is 1.58. The van der Waals surface area contributed by atoms with Crippen LogP contribution in [0.3, 0.4) is 0 Å². The zero-order valence-corrected chi connectivity index (χ0v) is 11.3. The molecule has 1 saturated heterocycles. The summed E-state index contributed by atoms with van der Waals surface area (Å²) in [5.41, 5.74) is 0. The Kier molecular flexibility index (Phi) is 4.75. The lowest BCUT2D eigenvalue weighted by atomic mass is 9.87. The van der Waals surface area contributed by atoms with E-state index in [1.54, 1.807) is 7.05 Å². The number of piperidine rings is 1. The largest absolute Gasteiger partial charge is 0.306 e. The molecule has 2 aliphatic rings. The fourth-order valence-electron chi connectivity index (χ4n) is 3.04. The monoisotopic (exact) mass is 252 g/mol. The quantitative estimate of drug-likeness (QED) is 0.775. The van der Waals surface area contributed by atoms with Gasteiger partial charge in [-0.25, -0.2) is 0 Å². The molecule has 0 aromatic rings. The molecule has 2 fully saturated rings. The fourth-order valence-corrected chi connectivity index (χ4v) is 3.04. The lowest BCUT2D eigenvalue weighted by Gasteiger charge is -2.29. The predicted molar refractivity (Wildman–Crippen MR) is 70.0 cm³/mol. The second-order valence-electron chi connectivity index (χ2n) is 5.63. The van der Waals surface area contributed by atoms with Crippen molar-refractivity contribution in [3.63, 3.8) is 0 Å². The predicted octanol–water partition coefficient (Wildman–Crippen LogP) is 1.69. The molecule has 18 heavy (non-hydrogen) atoms. The van der Waals surface area contributed by atoms with Crippen LogP contribution < -0.4 is 5.32 Å². The Labute approximate surface area is 109 Å². The molecule has 2 amide bonds. The molecule has 102 valence electrons. The second-order valence-corrected chi connectivity index (χ2v) is 5.63. The molecule has 1 N–H and O–H groups in total. The van der Waals surface area contributed by atoms with E-state index in [1.165, 1.54) is 43.4 Å². The summed E-state index contributed by atoms with van der Waals surface area (Å²) >= 11 is 0. The Morgan fingerprint density at radius 1 is 1.17 bits per heavy atom. The first kappa shape index (κ1) is 13.5. The Hall–Kier alpha value is -0.900. The summed E-state index contributed by atoms with van der Waals surface area (Å²) in [5.74, 6) is 0.726. The van der Waals surface area contributed by atoms with Gasteiger partial charge in [0.1, 0.15) is 0 Å². The number of carbonyl (C=O) groups is 2. The van der Waals surface area contributed by atoms with Gasteiger partial charge in [0.05, 0.1) is 6.04 Å². The molecular weight excluding hydrogens is 228 g/mol. The first-order valence-corrected chi connectivity index (χ1v) is 7.22. The molecule has 0 aromatic heterocycles. The van der Waals surface area contributed by atoms with Crippen LogP contribution in [-0.2, 0) is 9.59 Å². The van der Waals surface area contributed by atoms with Crippen LogP contribution in [0.5, 0.6) is 0 Å². The molecular formula is C14H24N2O2. The minimum absolute atomic E-state index is 0.0506. The molecule has 1 saturated carbocycles. The number of hydrogen-bond acceptors (Lipinski definition) is 3. The summed E-state index contributed by atoms with van der Waals surface area (Å²) < 4.78 is 0. The third-order valence-corrected chi connectivity index (χ3v) is 4.32. The summed E-state index contributed by atoms with van der Waals surface area (Å²) in [5, 5.41) is 3.33. The maximum absolute atomic E-state index is 11.9. The van der Waals surface area contributed by atoms with Crippen LogP contribution in [0.25, 0.3) is 0 Å². The number of nitrogens with one attached hydrogen (secondary N) is 1. The first-order chi connectivity index (χ1) is 8.68. The van der Waals surface area contributed by atoms with Crippen molar-refractivity contribution in [2.24, 2.45) is 5.92 Å². The zero-order chi connectivity index (χ0) is 13.0. The van der Waals surface area contributed by atoms with E-state index in [2.05, 4.69) is 5.32 Å². The fraction of sp³-hybridized carbons (Fsp3) is 0.857. The van der Waals surface area contributed by atoms with Gasteiger partial charge < -0.3 is 5.32 Å². The zero-order valence-electron chi connectivity index (χ0n) is 11.3. The average molecular weight is 252 g/mol. The minimum Gasteiger partial charge on any atom is -0.306 e. The Morgan fingerprint density at radius 2 is 1.89 bits per heavy atom. The van der Waals surface area contributed by atoms with Crippen LogP contribution in [0.2, 0.25) is 0 Å². The second kappa shape index (κ2) is 6.32. The van der Waals surface area contributed by atoms with Crippen molar-refractivity contribution < 1.29 is 9.59 Å². The third kappa shape index (κ3) is 3.31. The molecule has 0 spiro atoms. The molecule has 0 aromatic carbocycles. The molecule has 2 rings (SSSR count). The van der Waals surface area contributed by atoms with Gasteiger partial charge in [0, 0.05) is 13.5 Å². The molecule has 0 bridgehead atoms. The Bertz CT molecular complexity index is 311. The number of rotatable bonds is 4. The highest BCUT2D eigenvalue weighted by Gasteiger charge is 2.31. The molecule has 1 heterocycles. The van der Waals surface area contributed by atoms with E-state index in [4.69, 9.17) is 0 Å². The van der Waals surface area contributed by atoms with Crippen molar-refractivity contribution in [2.45, 2.75) is 57.4 Å². The van der Waals surface area contributed by atoms with Gasteiger partial charge in [0.2, 0.25) is 11.8 Å². The number of nitrogens with zero attached hydrogens (tertiary/aromatic N) is 1. The molecule has 1 unspecified atom stereocenters. The number of imide groups is 1. The van der Waals surface area contributed by atoms with Crippen molar-refractivity contribution in [3.8, 4) is 0 Å². The van der Waals surface area contributed by atoms with Gasteiger partial charge in [0.15, 0.2) is 0 Å².